The van der Waals surface area contributed by atoms with Crippen LogP contribution >= 0.6 is 15.9 Å². The van der Waals surface area contributed by atoms with Crippen LogP contribution in [-0.4, -0.2) is 38.0 Å². The molecule has 2 aromatic rings. The fourth-order valence-electron chi connectivity index (χ4n) is 2.26. The van der Waals surface area contributed by atoms with Crippen LogP contribution in [0.15, 0.2) is 45.9 Å². The standard InChI is InChI=1S/C17H20BrN3O5S/c1-3-26-17(23)15-10-14(11-21(15)2)27(24,25)19-8-7-16(22)20-13-6-4-5-12(18)9-13/h4-6,9-11,19H,3,7-8H2,1-2H3,(H,20,22). The number of benzene rings is 1. The lowest BCUT2D eigenvalue weighted by Gasteiger charge is -2.07. The lowest BCUT2D eigenvalue weighted by molar-refractivity contribution is -0.116. The van der Waals surface area contributed by atoms with E-state index >= 15 is 0 Å². The Morgan fingerprint density at radius 1 is 1.26 bits per heavy atom. The minimum Gasteiger partial charge on any atom is -0.461 e. The fraction of sp³-hybridized carbons (Fsp3) is 0.294. The number of nitrogens with zero attached hydrogens (tertiary/aromatic N) is 1. The number of carbonyl (C=O) groups is 2. The molecule has 1 amide bonds. The van der Waals surface area contributed by atoms with Crippen molar-refractivity contribution in [2.24, 2.45) is 7.05 Å². The maximum Gasteiger partial charge on any atom is 0.354 e. The number of hydrogen-bond donors (Lipinski definition) is 2. The Balaban J connectivity index is 1.94. The van der Waals surface area contributed by atoms with Crippen LogP contribution in [0.2, 0.25) is 0 Å². The quantitative estimate of drug-likeness (QED) is 0.591. The van der Waals surface area contributed by atoms with E-state index in [0.717, 1.165) is 4.47 Å². The van der Waals surface area contributed by atoms with Gasteiger partial charge in [-0.1, -0.05) is 22.0 Å². The van der Waals surface area contributed by atoms with Gasteiger partial charge in [-0.05, 0) is 31.2 Å². The zero-order valence-corrected chi connectivity index (χ0v) is 17.3. The van der Waals surface area contributed by atoms with Crippen LogP contribution in [-0.2, 0) is 26.6 Å². The minimum absolute atomic E-state index is 0.0384. The van der Waals surface area contributed by atoms with Crippen LogP contribution in [0.3, 0.4) is 0 Å². The minimum atomic E-state index is -3.85. The number of esters is 1. The molecular formula is C17H20BrN3O5S. The average molecular weight is 458 g/mol. The molecule has 0 aliphatic heterocycles. The van der Waals surface area contributed by atoms with Crippen molar-refractivity contribution in [3.63, 3.8) is 0 Å². The first-order chi connectivity index (χ1) is 12.7. The van der Waals surface area contributed by atoms with Gasteiger partial charge in [-0.2, -0.15) is 0 Å². The first-order valence-corrected chi connectivity index (χ1v) is 10.4. The third-order valence-corrected chi connectivity index (χ3v) is 5.45. The molecule has 0 aliphatic rings. The van der Waals surface area contributed by atoms with Gasteiger partial charge in [-0.3, -0.25) is 4.79 Å². The molecule has 0 radical (unpaired) electrons. The van der Waals surface area contributed by atoms with Gasteiger partial charge in [0, 0.05) is 36.4 Å². The number of ether oxygens (including phenoxy) is 1. The maximum absolute atomic E-state index is 12.3. The van der Waals surface area contributed by atoms with Crippen molar-refractivity contribution in [1.29, 1.82) is 0 Å². The highest BCUT2D eigenvalue weighted by atomic mass is 79.9. The van der Waals surface area contributed by atoms with Gasteiger partial charge in [-0.15, -0.1) is 0 Å². The van der Waals surface area contributed by atoms with E-state index in [2.05, 4.69) is 26.0 Å². The van der Waals surface area contributed by atoms with Gasteiger partial charge < -0.3 is 14.6 Å². The lowest BCUT2D eigenvalue weighted by Crippen LogP contribution is -2.27. The molecule has 0 spiro atoms. The summed E-state index contributed by atoms with van der Waals surface area (Å²) in [5, 5.41) is 2.68. The van der Waals surface area contributed by atoms with E-state index in [0.29, 0.717) is 5.69 Å². The third-order valence-electron chi connectivity index (χ3n) is 3.53. The van der Waals surface area contributed by atoms with Crippen LogP contribution in [0.5, 0.6) is 0 Å². The number of amides is 1. The summed E-state index contributed by atoms with van der Waals surface area (Å²) in [5.74, 6) is -0.925. The molecule has 0 saturated heterocycles. The molecule has 2 N–H and O–H groups in total. The van der Waals surface area contributed by atoms with E-state index in [9.17, 15) is 18.0 Å². The van der Waals surface area contributed by atoms with E-state index < -0.39 is 16.0 Å². The molecule has 0 aliphatic carbocycles. The molecule has 1 heterocycles. The second kappa shape index (κ2) is 9.16. The molecule has 146 valence electrons. The van der Waals surface area contributed by atoms with Crippen molar-refractivity contribution in [3.05, 3.63) is 46.7 Å². The number of aromatic nitrogens is 1. The second-order valence-electron chi connectivity index (χ2n) is 5.60. The van der Waals surface area contributed by atoms with Gasteiger partial charge in [0.05, 0.1) is 6.61 Å². The highest BCUT2D eigenvalue weighted by molar-refractivity contribution is 9.10. The van der Waals surface area contributed by atoms with Crippen LogP contribution < -0.4 is 10.0 Å². The SMILES string of the molecule is CCOC(=O)c1cc(S(=O)(=O)NCCC(=O)Nc2cccc(Br)c2)cn1C. The van der Waals surface area contributed by atoms with E-state index in [-0.39, 0.29) is 36.1 Å². The molecule has 27 heavy (non-hydrogen) atoms. The molecule has 10 heteroatoms. The fourth-order valence-corrected chi connectivity index (χ4v) is 3.76. The van der Waals surface area contributed by atoms with Crippen molar-refractivity contribution in [2.75, 3.05) is 18.5 Å². The summed E-state index contributed by atoms with van der Waals surface area (Å²) in [6.07, 6.45) is 1.28. The summed E-state index contributed by atoms with van der Waals surface area (Å²) in [6.45, 7) is 1.78. The van der Waals surface area contributed by atoms with Gasteiger partial charge in [-0.25, -0.2) is 17.9 Å². The number of hydrogen-bond acceptors (Lipinski definition) is 5. The number of aryl methyl sites for hydroxylation is 1. The summed E-state index contributed by atoms with van der Waals surface area (Å²) in [6, 6.07) is 8.31. The number of sulfonamides is 1. The van der Waals surface area contributed by atoms with Gasteiger partial charge in [0.2, 0.25) is 15.9 Å². The normalized spacial score (nSPS) is 11.2. The summed E-state index contributed by atoms with van der Waals surface area (Å²) >= 11 is 3.31. The number of rotatable bonds is 8. The Morgan fingerprint density at radius 3 is 2.67 bits per heavy atom. The summed E-state index contributed by atoms with van der Waals surface area (Å²) in [5.41, 5.74) is 0.740. The van der Waals surface area contributed by atoms with Crippen LogP contribution in [0, 0.1) is 0 Å². The highest BCUT2D eigenvalue weighted by Gasteiger charge is 2.21. The average Bonchev–Trinajstić information content (AvgIpc) is 2.98. The summed E-state index contributed by atoms with van der Waals surface area (Å²) in [4.78, 5) is 23.7. The van der Waals surface area contributed by atoms with E-state index in [1.807, 2.05) is 6.07 Å². The molecule has 8 nitrogen and oxygen atoms in total. The van der Waals surface area contributed by atoms with E-state index in [1.54, 1.807) is 32.2 Å². The van der Waals surface area contributed by atoms with Crippen molar-refractivity contribution < 1.29 is 22.7 Å². The molecule has 1 aromatic heterocycles. The zero-order valence-electron chi connectivity index (χ0n) is 14.9. The molecule has 0 bridgehead atoms. The third kappa shape index (κ3) is 5.91. The van der Waals surface area contributed by atoms with Gasteiger partial charge >= 0.3 is 5.97 Å². The smallest absolute Gasteiger partial charge is 0.354 e. The topological polar surface area (TPSA) is 106 Å². The molecule has 0 atom stereocenters. The first-order valence-electron chi connectivity index (χ1n) is 8.11. The molecule has 2 rings (SSSR count). The molecular weight excluding hydrogens is 438 g/mol. The van der Waals surface area contributed by atoms with Crippen molar-refractivity contribution in [3.8, 4) is 0 Å². The lowest BCUT2D eigenvalue weighted by atomic mass is 10.3. The van der Waals surface area contributed by atoms with E-state index in [4.69, 9.17) is 4.74 Å². The Bertz CT molecular complexity index is 940. The van der Waals surface area contributed by atoms with E-state index in [1.165, 1.54) is 16.8 Å². The Morgan fingerprint density at radius 2 is 2.00 bits per heavy atom. The monoisotopic (exact) mass is 457 g/mol. The predicted octanol–water partition coefficient (Wildman–Crippen LogP) is 2.27. The Labute approximate surface area is 166 Å². The predicted molar refractivity (Wildman–Crippen MR) is 104 cm³/mol. The second-order valence-corrected chi connectivity index (χ2v) is 8.28. The van der Waals surface area contributed by atoms with Crippen molar-refractivity contribution in [1.82, 2.24) is 9.29 Å². The number of carbonyl (C=O) groups excluding carboxylic acids is 2. The van der Waals surface area contributed by atoms with Crippen molar-refractivity contribution in [2.45, 2.75) is 18.2 Å². The first kappa shape index (κ1) is 21.1. The van der Waals surface area contributed by atoms with Crippen LogP contribution in [0.25, 0.3) is 0 Å². The van der Waals surface area contributed by atoms with Gasteiger partial charge in [0.15, 0.2) is 0 Å². The largest absolute Gasteiger partial charge is 0.461 e. The summed E-state index contributed by atoms with van der Waals surface area (Å²) < 4.78 is 34.1. The highest BCUT2D eigenvalue weighted by Crippen LogP contribution is 2.16. The molecule has 0 unspecified atom stereocenters. The van der Waals surface area contributed by atoms with Crippen LogP contribution in [0.1, 0.15) is 23.8 Å². The van der Waals surface area contributed by atoms with Gasteiger partial charge in [0.1, 0.15) is 10.6 Å². The molecule has 1 aromatic carbocycles. The maximum atomic E-state index is 12.3. The van der Waals surface area contributed by atoms with Crippen LogP contribution in [0.4, 0.5) is 5.69 Å². The number of halogens is 1. The number of anilines is 1. The zero-order chi connectivity index (χ0) is 20.0. The Kier molecular flexibility index (Phi) is 7.17. The number of nitrogens with one attached hydrogen (secondary N) is 2. The summed E-state index contributed by atoms with van der Waals surface area (Å²) in [7, 11) is -2.30. The molecule has 0 fully saturated rings. The van der Waals surface area contributed by atoms with Gasteiger partial charge in [0.25, 0.3) is 0 Å². The Hall–Kier alpha value is -2.17. The van der Waals surface area contributed by atoms with Crippen molar-refractivity contribution >= 4 is 43.5 Å². The molecule has 0 saturated carbocycles.